The Bertz CT molecular complexity index is 1130. The molecule has 0 atom stereocenters. The number of nitriles is 1. The van der Waals surface area contributed by atoms with Crippen molar-refractivity contribution in [2.24, 2.45) is 7.05 Å². The number of esters is 2. The van der Waals surface area contributed by atoms with Gasteiger partial charge < -0.3 is 14.0 Å². The average molecular weight is 402 g/mol. The molecule has 6 nitrogen and oxygen atoms in total. The lowest BCUT2D eigenvalue weighted by Crippen LogP contribution is -2.11. The van der Waals surface area contributed by atoms with E-state index in [-0.39, 0.29) is 12.6 Å². The first-order chi connectivity index (χ1) is 14.4. The highest BCUT2D eigenvalue weighted by molar-refractivity contribution is 5.98. The Labute approximate surface area is 175 Å². The zero-order chi connectivity index (χ0) is 21.8. The third-order valence-corrected chi connectivity index (χ3v) is 5.08. The van der Waals surface area contributed by atoms with Crippen LogP contribution in [-0.4, -0.2) is 30.2 Å². The second kappa shape index (κ2) is 8.66. The highest BCUT2D eigenvalue weighted by Gasteiger charge is 2.25. The highest BCUT2D eigenvalue weighted by atomic mass is 16.5. The van der Waals surface area contributed by atoms with E-state index >= 15 is 0 Å². The van der Waals surface area contributed by atoms with Crippen LogP contribution in [0.4, 0.5) is 0 Å². The van der Waals surface area contributed by atoms with Crippen LogP contribution in [0.3, 0.4) is 0 Å². The second-order valence-corrected chi connectivity index (χ2v) is 6.72. The van der Waals surface area contributed by atoms with Gasteiger partial charge >= 0.3 is 11.9 Å². The van der Waals surface area contributed by atoms with Crippen LogP contribution in [0.15, 0.2) is 48.5 Å². The van der Waals surface area contributed by atoms with Crippen molar-refractivity contribution in [2.45, 2.75) is 13.8 Å². The standard InChI is InChI=1S/C24H22N2O4/c1-5-30-24(28)22-21(20(14-25)15(2)26(22)3)18-10-6-16(7-11-18)17-8-12-19(13-9-17)23(27)29-4/h6-13H,5H2,1-4H3. The molecule has 2 aromatic carbocycles. The summed E-state index contributed by atoms with van der Waals surface area (Å²) in [5.74, 6) is -0.839. The third kappa shape index (κ3) is 3.70. The minimum absolute atomic E-state index is 0.255. The summed E-state index contributed by atoms with van der Waals surface area (Å²) in [6.45, 7) is 3.81. The molecule has 0 unspecified atom stereocenters. The van der Waals surface area contributed by atoms with Gasteiger partial charge in [-0.05, 0) is 42.7 Å². The van der Waals surface area contributed by atoms with Crippen molar-refractivity contribution in [3.05, 3.63) is 71.0 Å². The molecule has 3 aromatic rings. The summed E-state index contributed by atoms with van der Waals surface area (Å²) in [6, 6.07) is 16.9. The number of hydrogen-bond donors (Lipinski definition) is 0. The van der Waals surface area contributed by atoms with E-state index in [0.29, 0.717) is 28.1 Å². The third-order valence-electron chi connectivity index (χ3n) is 5.08. The summed E-state index contributed by atoms with van der Waals surface area (Å²) in [5.41, 5.74) is 5.21. The van der Waals surface area contributed by atoms with E-state index in [9.17, 15) is 14.9 Å². The van der Waals surface area contributed by atoms with Crippen LogP contribution in [-0.2, 0) is 16.5 Å². The fourth-order valence-electron chi connectivity index (χ4n) is 3.40. The number of methoxy groups -OCH3 is 1. The highest BCUT2D eigenvalue weighted by Crippen LogP contribution is 2.33. The Hall–Kier alpha value is -3.85. The number of aromatic nitrogens is 1. The molecule has 0 N–H and O–H groups in total. The zero-order valence-corrected chi connectivity index (χ0v) is 17.4. The molecule has 0 saturated heterocycles. The molecule has 30 heavy (non-hydrogen) atoms. The van der Waals surface area contributed by atoms with E-state index in [0.717, 1.165) is 16.7 Å². The lowest BCUT2D eigenvalue weighted by atomic mass is 9.97. The van der Waals surface area contributed by atoms with E-state index in [4.69, 9.17) is 9.47 Å². The summed E-state index contributed by atoms with van der Waals surface area (Å²) in [4.78, 5) is 24.1. The second-order valence-electron chi connectivity index (χ2n) is 6.72. The van der Waals surface area contributed by atoms with Crippen LogP contribution in [0.5, 0.6) is 0 Å². The van der Waals surface area contributed by atoms with E-state index in [1.165, 1.54) is 7.11 Å². The van der Waals surface area contributed by atoms with Crippen molar-refractivity contribution < 1.29 is 19.1 Å². The van der Waals surface area contributed by atoms with Gasteiger partial charge in [0, 0.05) is 18.3 Å². The van der Waals surface area contributed by atoms with Crippen molar-refractivity contribution in [2.75, 3.05) is 13.7 Å². The van der Waals surface area contributed by atoms with Crippen molar-refractivity contribution in [1.29, 1.82) is 5.26 Å². The summed E-state index contributed by atoms with van der Waals surface area (Å²) < 4.78 is 11.6. The van der Waals surface area contributed by atoms with E-state index in [2.05, 4.69) is 6.07 Å². The summed E-state index contributed by atoms with van der Waals surface area (Å²) in [5, 5.41) is 9.68. The van der Waals surface area contributed by atoms with Gasteiger partial charge in [-0.1, -0.05) is 36.4 Å². The van der Waals surface area contributed by atoms with Gasteiger partial charge in [0.15, 0.2) is 0 Å². The molecular formula is C24H22N2O4. The molecular weight excluding hydrogens is 380 g/mol. The summed E-state index contributed by atoms with van der Waals surface area (Å²) in [6.07, 6.45) is 0. The summed E-state index contributed by atoms with van der Waals surface area (Å²) >= 11 is 0. The SMILES string of the molecule is CCOC(=O)c1c(-c2ccc(-c3ccc(C(=O)OC)cc3)cc2)c(C#N)c(C)n1C. The molecule has 0 bridgehead atoms. The number of ether oxygens (including phenoxy) is 2. The summed E-state index contributed by atoms with van der Waals surface area (Å²) in [7, 11) is 3.10. The molecule has 0 aliphatic carbocycles. The first kappa shape index (κ1) is 20.9. The minimum Gasteiger partial charge on any atom is -0.465 e. The van der Waals surface area contributed by atoms with Gasteiger partial charge in [0.1, 0.15) is 11.8 Å². The number of carbonyl (C=O) groups excluding carboxylic acids is 2. The number of carbonyl (C=O) groups is 2. The topological polar surface area (TPSA) is 81.3 Å². The predicted octanol–water partition coefficient (Wildman–Crippen LogP) is 4.50. The Morgan fingerprint density at radius 2 is 1.50 bits per heavy atom. The lowest BCUT2D eigenvalue weighted by Gasteiger charge is -2.09. The van der Waals surface area contributed by atoms with Gasteiger partial charge in [0.25, 0.3) is 0 Å². The average Bonchev–Trinajstić information content (AvgIpc) is 3.03. The molecule has 0 saturated carbocycles. The molecule has 1 heterocycles. The van der Waals surface area contributed by atoms with Gasteiger partial charge in [-0.2, -0.15) is 5.26 Å². The Morgan fingerprint density at radius 3 is 2.00 bits per heavy atom. The molecule has 152 valence electrons. The molecule has 0 aliphatic rings. The van der Waals surface area contributed by atoms with Gasteiger partial charge in [-0.15, -0.1) is 0 Å². The smallest absolute Gasteiger partial charge is 0.355 e. The fourth-order valence-corrected chi connectivity index (χ4v) is 3.40. The Morgan fingerprint density at radius 1 is 0.967 bits per heavy atom. The van der Waals surface area contributed by atoms with Crippen molar-refractivity contribution in [1.82, 2.24) is 4.57 Å². The number of rotatable bonds is 5. The lowest BCUT2D eigenvalue weighted by molar-refractivity contribution is 0.0515. The van der Waals surface area contributed by atoms with Crippen molar-refractivity contribution in [3.63, 3.8) is 0 Å². The molecule has 0 fully saturated rings. The fraction of sp³-hybridized carbons (Fsp3) is 0.208. The first-order valence-electron chi connectivity index (χ1n) is 9.48. The number of hydrogen-bond acceptors (Lipinski definition) is 5. The predicted molar refractivity (Wildman–Crippen MR) is 113 cm³/mol. The molecule has 0 amide bonds. The van der Waals surface area contributed by atoms with Gasteiger partial charge in [-0.3, -0.25) is 0 Å². The molecule has 6 heteroatoms. The van der Waals surface area contributed by atoms with Gasteiger partial charge in [0.05, 0.1) is 24.8 Å². The quantitative estimate of drug-likeness (QED) is 0.587. The monoisotopic (exact) mass is 402 g/mol. The van der Waals surface area contributed by atoms with Crippen LogP contribution >= 0.6 is 0 Å². The van der Waals surface area contributed by atoms with Crippen LogP contribution in [0.2, 0.25) is 0 Å². The van der Waals surface area contributed by atoms with Gasteiger partial charge in [0.2, 0.25) is 0 Å². The first-order valence-corrected chi connectivity index (χ1v) is 9.48. The number of nitrogens with zero attached hydrogens (tertiary/aromatic N) is 2. The van der Waals surface area contributed by atoms with E-state index in [1.807, 2.05) is 43.3 Å². The van der Waals surface area contributed by atoms with Crippen LogP contribution < -0.4 is 0 Å². The van der Waals surface area contributed by atoms with Crippen LogP contribution in [0.25, 0.3) is 22.3 Å². The Kier molecular flexibility index (Phi) is 6.03. The van der Waals surface area contributed by atoms with Crippen LogP contribution in [0.1, 0.15) is 39.0 Å². The normalized spacial score (nSPS) is 10.4. The van der Waals surface area contributed by atoms with Crippen molar-refractivity contribution >= 4 is 11.9 Å². The maximum atomic E-state index is 12.6. The molecule has 3 rings (SSSR count). The zero-order valence-electron chi connectivity index (χ0n) is 17.4. The van der Waals surface area contributed by atoms with E-state index in [1.54, 1.807) is 30.7 Å². The Balaban J connectivity index is 2.03. The van der Waals surface area contributed by atoms with Crippen LogP contribution in [0, 0.1) is 18.3 Å². The maximum Gasteiger partial charge on any atom is 0.355 e. The molecule has 0 aliphatic heterocycles. The number of benzene rings is 2. The minimum atomic E-state index is -0.456. The van der Waals surface area contributed by atoms with Gasteiger partial charge in [-0.25, -0.2) is 9.59 Å². The maximum absolute atomic E-state index is 12.6. The molecule has 0 radical (unpaired) electrons. The molecule has 1 aromatic heterocycles. The van der Waals surface area contributed by atoms with E-state index < -0.39 is 5.97 Å². The largest absolute Gasteiger partial charge is 0.465 e. The van der Waals surface area contributed by atoms with Crippen molar-refractivity contribution in [3.8, 4) is 28.3 Å². The molecule has 0 spiro atoms.